The minimum absolute atomic E-state index is 0.0312. The van der Waals surface area contributed by atoms with Crippen LogP contribution in [0.25, 0.3) is 0 Å². The third-order valence-corrected chi connectivity index (χ3v) is 5.30. The van der Waals surface area contributed by atoms with Crippen LogP contribution in [0.1, 0.15) is 47.9 Å². The van der Waals surface area contributed by atoms with Crippen molar-refractivity contribution in [3.8, 4) is 23.6 Å². The molecule has 0 saturated heterocycles. The van der Waals surface area contributed by atoms with E-state index in [1.54, 1.807) is 0 Å². The van der Waals surface area contributed by atoms with Crippen LogP contribution < -0.4 is 9.47 Å². The van der Waals surface area contributed by atoms with E-state index in [0.29, 0.717) is 25.3 Å². The van der Waals surface area contributed by atoms with Crippen molar-refractivity contribution in [2.24, 2.45) is 0 Å². The Hall–Kier alpha value is -3.15. The summed E-state index contributed by atoms with van der Waals surface area (Å²) in [5.41, 5.74) is -3.23. The molecule has 2 unspecified atom stereocenters. The molecule has 5 nitrogen and oxygen atoms in total. The Morgan fingerprint density at radius 1 is 0.833 bits per heavy atom. The lowest BCUT2D eigenvalue weighted by Crippen LogP contribution is -2.20. The van der Waals surface area contributed by atoms with Gasteiger partial charge in [-0.15, -0.1) is 11.6 Å². The minimum Gasteiger partial charge on any atom is -0.494 e. The monoisotopic (exact) mass is 534 g/mol. The zero-order valence-electron chi connectivity index (χ0n) is 18.7. The van der Waals surface area contributed by atoms with E-state index < -0.39 is 46.1 Å². The van der Waals surface area contributed by atoms with Gasteiger partial charge in [0, 0.05) is 0 Å². The molecule has 2 aromatic carbocycles. The number of aliphatic hydroxyl groups excluding tert-OH is 1. The molecule has 0 saturated carbocycles. The van der Waals surface area contributed by atoms with E-state index >= 15 is 0 Å². The molecule has 0 aliphatic carbocycles. The van der Waals surface area contributed by atoms with Gasteiger partial charge in [-0.1, -0.05) is 0 Å². The third kappa shape index (κ3) is 8.81. The van der Waals surface area contributed by atoms with Gasteiger partial charge in [0.2, 0.25) is 0 Å². The van der Waals surface area contributed by atoms with Gasteiger partial charge in [-0.2, -0.15) is 36.9 Å². The van der Waals surface area contributed by atoms with Gasteiger partial charge < -0.3 is 14.6 Å². The molecule has 0 aliphatic rings. The molecule has 12 heteroatoms. The number of rotatable bonds is 11. The number of hydrogen-bond acceptors (Lipinski definition) is 5. The smallest absolute Gasteiger partial charge is 0.417 e. The molecule has 0 fully saturated rings. The summed E-state index contributed by atoms with van der Waals surface area (Å²) in [6.45, 7) is -0.0886. The van der Waals surface area contributed by atoms with Crippen molar-refractivity contribution in [3.63, 3.8) is 0 Å². The maximum Gasteiger partial charge on any atom is 0.417 e. The molecule has 194 valence electrons. The SMILES string of the molecule is N#Cc1ccc(OCCCCC(O)CC(Cl)COc2ccc(C#N)c(C(F)(F)F)c2)cc1C(F)(F)F. The zero-order valence-corrected chi connectivity index (χ0v) is 19.4. The van der Waals surface area contributed by atoms with Gasteiger partial charge in [0.05, 0.1) is 52.5 Å². The van der Waals surface area contributed by atoms with Gasteiger partial charge in [-0.05, 0) is 62.1 Å². The van der Waals surface area contributed by atoms with E-state index in [9.17, 15) is 31.4 Å². The number of nitrogens with zero attached hydrogens (tertiary/aromatic N) is 2. The van der Waals surface area contributed by atoms with Crippen LogP contribution in [-0.2, 0) is 12.4 Å². The van der Waals surface area contributed by atoms with Crippen LogP contribution in [0.2, 0.25) is 0 Å². The average molecular weight is 535 g/mol. The number of hydrogen-bond donors (Lipinski definition) is 1. The molecular formula is C24H21ClF6N2O3. The molecule has 2 aromatic rings. The lowest BCUT2D eigenvalue weighted by Gasteiger charge is -2.17. The first-order valence-corrected chi connectivity index (χ1v) is 11.1. The second-order valence-corrected chi connectivity index (χ2v) is 8.39. The largest absolute Gasteiger partial charge is 0.494 e. The number of halogens is 7. The first-order chi connectivity index (χ1) is 16.8. The second-order valence-electron chi connectivity index (χ2n) is 7.78. The summed E-state index contributed by atoms with van der Waals surface area (Å²) in [6, 6.07) is 8.96. The van der Waals surface area contributed by atoms with Crippen molar-refractivity contribution >= 4 is 11.6 Å². The van der Waals surface area contributed by atoms with E-state index in [1.165, 1.54) is 24.3 Å². The summed E-state index contributed by atoms with van der Waals surface area (Å²) in [7, 11) is 0. The Kier molecular flexibility index (Phi) is 10.3. The molecule has 0 radical (unpaired) electrons. The highest BCUT2D eigenvalue weighted by Crippen LogP contribution is 2.35. The highest BCUT2D eigenvalue weighted by molar-refractivity contribution is 6.20. The molecular weight excluding hydrogens is 514 g/mol. The Balaban J connectivity index is 1.74. The fourth-order valence-electron chi connectivity index (χ4n) is 3.23. The van der Waals surface area contributed by atoms with Crippen LogP contribution >= 0.6 is 11.6 Å². The normalized spacial score (nSPS) is 13.4. The van der Waals surface area contributed by atoms with E-state index in [4.69, 9.17) is 31.6 Å². The van der Waals surface area contributed by atoms with Crippen molar-refractivity contribution in [3.05, 3.63) is 58.7 Å². The van der Waals surface area contributed by atoms with Gasteiger partial charge in [0.1, 0.15) is 18.1 Å². The van der Waals surface area contributed by atoms with Crippen LogP contribution in [-0.4, -0.2) is 29.8 Å². The molecule has 2 atom stereocenters. The van der Waals surface area contributed by atoms with Crippen LogP contribution in [0.15, 0.2) is 36.4 Å². The van der Waals surface area contributed by atoms with Crippen molar-refractivity contribution in [2.75, 3.05) is 13.2 Å². The predicted octanol–water partition coefficient (Wildman–Crippen LogP) is 6.45. The lowest BCUT2D eigenvalue weighted by molar-refractivity contribution is -0.138. The number of alkyl halides is 7. The Morgan fingerprint density at radius 3 is 1.81 bits per heavy atom. The Bertz CT molecular complexity index is 1110. The van der Waals surface area contributed by atoms with Crippen molar-refractivity contribution in [1.82, 2.24) is 0 Å². The maximum absolute atomic E-state index is 13.0. The maximum atomic E-state index is 13.0. The Morgan fingerprint density at radius 2 is 1.33 bits per heavy atom. The molecule has 0 heterocycles. The van der Waals surface area contributed by atoms with Gasteiger partial charge in [0.25, 0.3) is 0 Å². The number of unbranched alkanes of at least 4 members (excludes halogenated alkanes) is 1. The van der Waals surface area contributed by atoms with E-state index in [2.05, 4.69) is 0 Å². The summed E-state index contributed by atoms with van der Waals surface area (Å²) in [4.78, 5) is 0. The number of ether oxygens (including phenoxy) is 2. The van der Waals surface area contributed by atoms with E-state index in [-0.39, 0.29) is 31.1 Å². The first kappa shape index (κ1) is 29.1. The van der Waals surface area contributed by atoms with Crippen LogP contribution in [0.5, 0.6) is 11.5 Å². The fraction of sp³-hybridized carbons (Fsp3) is 0.417. The molecule has 0 aliphatic heterocycles. The summed E-state index contributed by atoms with van der Waals surface area (Å²) in [6.07, 6.45) is -8.94. The lowest BCUT2D eigenvalue weighted by atomic mass is 10.1. The second kappa shape index (κ2) is 12.7. The molecule has 0 spiro atoms. The van der Waals surface area contributed by atoms with Crippen LogP contribution in [0.3, 0.4) is 0 Å². The number of aliphatic hydroxyl groups is 1. The Labute approximate surface area is 208 Å². The van der Waals surface area contributed by atoms with E-state index in [1.807, 2.05) is 0 Å². The third-order valence-electron chi connectivity index (χ3n) is 4.99. The summed E-state index contributed by atoms with van der Waals surface area (Å²) in [5.74, 6) is -0.147. The minimum atomic E-state index is -4.72. The number of nitriles is 2. The van der Waals surface area contributed by atoms with Gasteiger partial charge >= 0.3 is 12.4 Å². The van der Waals surface area contributed by atoms with Gasteiger partial charge in [-0.25, -0.2) is 0 Å². The molecule has 0 aromatic heterocycles. The van der Waals surface area contributed by atoms with Gasteiger partial charge in [0.15, 0.2) is 0 Å². The van der Waals surface area contributed by atoms with Crippen LogP contribution in [0.4, 0.5) is 26.3 Å². The average Bonchev–Trinajstić information content (AvgIpc) is 2.81. The van der Waals surface area contributed by atoms with Crippen molar-refractivity contribution < 1.29 is 40.9 Å². The highest BCUT2D eigenvalue weighted by Gasteiger charge is 2.35. The van der Waals surface area contributed by atoms with Gasteiger partial charge in [-0.3, -0.25) is 0 Å². The molecule has 36 heavy (non-hydrogen) atoms. The standard InChI is InChI=1S/C24H21ClF6N2O3/c25-17(14-36-20-7-5-16(13-33)22(11-20)24(29,30)31)9-18(34)3-1-2-8-35-19-6-4-15(12-32)21(10-19)23(26,27)28/h4-7,10-11,17-18,34H,1-3,8-9,14H2. The fourth-order valence-corrected chi connectivity index (χ4v) is 3.50. The van der Waals surface area contributed by atoms with Crippen LogP contribution in [0, 0.1) is 22.7 Å². The quantitative estimate of drug-likeness (QED) is 0.203. The number of benzene rings is 2. The summed E-state index contributed by atoms with van der Waals surface area (Å²) >= 11 is 6.11. The first-order valence-electron chi connectivity index (χ1n) is 10.7. The molecule has 0 amide bonds. The van der Waals surface area contributed by atoms with E-state index in [0.717, 1.165) is 18.2 Å². The molecule has 0 bridgehead atoms. The highest BCUT2D eigenvalue weighted by atomic mass is 35.5. The van der Waals surface area contributed by atoms with Crippen molar-refractivity contribution in [1.29, 1.82) is 10.5 Å². The molecule has 1 N–H and O–H groups in total. The summed E-state index contributed by atoms with van der Waals surface area (Å²) in [5, 5.41) is 27.0. The molecule has 2 rings (SSSR count). The topological polar surface area (TPSA) is 86.3 Å². The predicted molar refractivity (Wildman–Crippen MR) is 117 cm³/mol. The van der Waals surface area contributed by atoms with Crippen molar-refractivity contribution in [2.45, 2.75) is 49.5 Å². The zero-order chi connectivity index (χ0) is 26.9. The summed E-state index contributed by atoms with van der Waals surface area (Å²) < 4.78 is 88.6.